The lowest BCUT2D eigenvalue weighted by Crippen LogP contribution is -2.49. The van der Waals surface area contributed by atoms with Gasteiger partial charge in [0.25, 0.3) is 5.91 Å². The number of anilines is 2. The van der Waals surface area contributed by atoms with Gasteiger partial charge in [0.1, 0.15) is 0 Å². The van der Waals surface area contributed by atoms with Gasteiger partial charge in [-0.1, -0.05) is 6.92 Å². The van der Waals surface area contributed by atoms with E-state index in [0.717, 1.165) is 18.7 Å². The van der Waals surface area contributed by atoms with E-state index in [-0.39, 0.29) is 18.1 Å². The molecular weight excluding hydrogens is 266 g/mol. The van der Waals surface area contributed by atoms with Crippen LogP contribution < -0.4 is 10.6 Å². The fraction of sp³-hybridized carbons (Fsp3) is 0.562. The minimum absolute atomic E-state index is 0.000928. The van der Waals surface area contributed by atoms with Crippen molar-refractivity contribution >= 4 is 17.3 Å². The van der Waals surface area contributed by atoms with E-state index in [1.807, 2.05) is 12.1 Å². The average molecular weight is 291 g/mol. The van der Waals surface area contributed by atoms with Gasteiger partial charge in [-0.05, 0) is 31.5 Å². The molecule has 0 aromatic heterocycles. The lowest BCUT2D eigenvalue weighted by atomic mass is 10.0. The summed E-state index contributed by atoms with van der Waals surface area (Å²) in [6.45, 7) is 5.65. The summed E-state index contributed by atoms with van der Waals surface area (Å²) in [4.78, 5) is 16.3. The predicted octanol–water partition coefficient (Wildman–Crippen LogP) is 1.97. The van der Waals surface area contributed by atoms with Crippen molar-refractivity contribution in [3.63, 3.8) is 0 Å². The monoisotopic (exact) mass is 291 g/mol. The molecule has 0 saturated carbocycles. The number of ether oxygens (including phenoxy) is 1. The van der Waals surface area contributed by atoms with Crippen LogP contribution in [0.2, 0.25) is 0 Å². The van der Waals surface area contributed by atoms with Gasteiger partial charge in [0, 0.05) is 26.3 Å². The molecule has 2 unspecified atom stereocenters. The Morgan fingerprint density at radius 1 is 1.48 bits per heavy atom. The molecule has 0 aliphatic carbocycles. The number of hydrogen-bond acceptors (Lipinski definition) is 4. The van der Waals surface area contributed by atoms with Crippen LogP contribution in [0.5, 0.6) is 0 Å². The highest BCUT2D eigenvalue weighted by atomic mass is 16.5. The molecule has 1 aliphatic rings. The molecule has 1 aromatic rings. The highest BCUT2D eigenvalue weighted by Gasteiger charge is 2.29. The number of amides is 1. The summed E-state index contributed by atoms with van der Waals surface area (Å²) in [6, 6.07) is 5.78. The Labute approximate surface area is 126 Å². The van der Waals surface area contributed by atoms with E-state index in [4.69, 9.17) is 10.5 Å². The topological polar surface area (TPSA) is 58.8 Å². The quantitative estimate of drug-likeness (QED) is 0.865. The van der Waals surface area contributed by atoms with Crippen LogP contribution in [-0.4, -0.2) is 50.2 Å². The predicted molar refractivity (Wildman–Crippen MR) is 85.7 cm³/mol. The Morgan fingerprint density at radius 3 is 2.81 bits per heavy atom. The molecule has 1 heterocycles. The SMILES string of the molecule is CCC1COC(C)CN1c1cc(N)ccc1C(=O)N(C)C. The molecule has 1 aromatic carbocycles. The lowest BCUT2D eigenvalue weighted by molar-refractivity contribution is 0.0298. The summed E-state index contributed by atoms with van der Waals surface area (Å²) >= 11 is 0. The third-order valence-electron chi connectivity index (χ3n) is 3.91. The normalized spacial score (nSPS) is 22.2. The van der Waals surface area contributed by atoms with Crippen molar-refractivity contribution in [2.24, 2.45) is 0 Å². The van der Waals surface area contributed by atoms with Gasteiger partial charge in [0.2, 0.25) is 0 Å². The number of carbonyl (C=O) groups is 1. The Bertz CT molecular complexity index is 516. The number of nitrogens with two attached hydrogens (primary N) is 1. The molecule has 21 heavy (non-hydrogen) atoms. The molecule has 0 spiro atoms. The summed E-state index contributed by atoms with van der Waals surface area (Å²) in [5.74, 6) is -0.000928. The number of hydrogen-bond donors (Lipinski definition) is 1. The van der Waals surface area contributed by atoms with Crippen molar-refractivity contribution in [3.05, 3.63) is 23.8 Å². The highest BCUT2D eigenvalue weighted by molar-refractivity contribution is 6.00. The van der Waals surface area contributed by atoms with Crippen LogP contribution in [0.3, 0.4) is 0 Å². The van der Waals surface area contributed by atoms with Crippen LogP contribution >= 0.6 is 0 Å². The van der Waals surface area contributed by atoms with Crippen LogP contribution in [-0.2, 0) is 4.74 Å². The molecule has 5 heteroatoms. The first-order valence-corrected chi connectivity index (χ1v) is 7.43. The van der Waals surface area contributed by atoms with Crippen molar-refractivity contribution in [2.75, 3.05) is 37.9 Å². The molecule has 5 nitrogen and oxygen atoms in total. The van der Waals surface area contributed by atoms with Crippen LogP contribution in [0.4, 0.5) is 11.4 Å². The summed E-state index contributed by atoms with van der Waals surface area (Å²) in [7, 11) is 3.53. The number of nitrogen functional groups attached to an aromatic ring is 1. The van der Waals surface area contributed by atoms with Crippen molar-refractivity contribution in [1.82, 2.24) is 4.90 Å². The second kappa shape index (κ2) is 6.35. The zero-order valence-corrected chi connectivity index (χ0v) is 13.3. The van der Waals surface area contributed by atoms with E-state index < -0.39 is 0 Å². The fourth-order valence-electron chi connectivity index (χ4n) is 2.69. The number of morpholine rings is 1. The third-order valence-corrected chi connectivity index (χ3v) is 3.91. The first kappa shape index (κ1) is 15.6. The van der Waals surface area contributed by atoms with Crippen molar-refractivity contribution in [2.45, 2.75) is 32.4 Å². The molecule has 116 valence electrons. The number of nitrogens with zero attached hydrogens (tertiary/aromatic N) is 2. The van der Waals surface area contributed by atoms with E-state index in [2.05, 4.69) is 18.7 Å². The standard InChI is InChI=1S/C16H25N3O2/c1-5-13-10-21-11(2)9-19(13)15-8-12(17)6-7-14(15)16(20)18(3)4/h6-8,11,13H,5,9-10,17H2,1-4H3. The van der Waals surface area contributed by atoms with Gasteiger partial charge in [-0.2, -0.15) is 0 Å². The van der Waals surface area contributed by atoms with E-state index in [1.54, 1.807) is 25.1 Å². The molecule has 1 fully saturated rings. The maximum absolute atomic E-state index is 12.4. The first-order chi connectivity index (χ1) is 9.93. The Hall–Kier alpha value is -1.75. The molecule has 1 saturated heterocycles. The van der Waals surface area contributed by atoms with Gasteiger partial charge in [-0.3, -0.25) is 4.79 Å². The summed E-state index contributed by atoms with van der Waals surface area (Å²) < 4.78 is 5.74. The molecule has 2 N–H and O–H groups in total. The van der Waals surface area contributed by atoms with Gasteiger partial charge in [0.15, 0.2) is 0 Å². The van der Waals surface area contributed by atoms with E-state index >= 15 is 0 Å². The van der Waals surface area contributed by atoms with Crippen molar-refractivity contribution < 1.29 is 9.53 Å². The van der Waals surface area contributed by atoms with Crippen molar-refractivity contribution in [3.8, 4) is 0 Å². The number of carbonyl (C=O) groups excluding carboxylic acids is 1. The minimum atomic E-state index is -0.000928. The summed E-state index contributed by atoms with van der Waals surface area (Å²) in [5.41, 5.74) is 8.23. The molecule has 1 aliphatic heterocycles. The van der Waals surface area contributed by atoms with Crippen LogP contribution in [0.15, 0.2) is 18.2 Å². The number of rotatable bonds is 3. The largest absolute Gasteiger partial charge is 0.399 e. The lowest BCUT2D eigenvalue weighted by Gasteiger charge is -2.41. The molecule has 1 amide bonds. The van der Waals surface area contributed by atoms with Crippen molar-refractivity contribution in [1.29, 1.82) is 0 Å². The van der Waals surface area contributed by atoms with E-state index in [0.29, 0.717) is 17.9 Å². The van der Waals surface area contributed by atoms with Gasteiger partial charge in [-0.25, -0.2) is 0 Å². The van der Waals surface area contributed by atoms with Crippen LogP contribution in [0, 0.1) is 0 Å². The van der Waals surface area contributed by atoms with Gasteiger partial charge in [-0.15, -0.1) is 0 Å². The minimum Gasteiger partial charge on any atom is -0.399 e. The van der Waals surface area contributed by atoms with Gasteiger partial charge < -0.3 is 20.3 Å². The van der Waals surface area contributed by atoms with E-state index in [9.17, 15) is 4.79 Å². The second-order valence-electron chi connectivity index (χ2n) is 5.83. The maximum atomic E-state index is 12.4. The molecular formula is C16H25N3O2. The van der Waals surface area contributed by atoms with E-state index in [1.165, 1.54) is 0 Å². The Kier molecular flexibility index (Phi) is 4.73. The first-order valence-electron chi connectivity index (χ1n) is 7.43. The third kappa shape index (κ3) is 3.29. The second-order valence-corrected chi connectivity index (χ2v) is 5.83. The Morgan fingerprint density at radius 2 is 2.19 bits per heavy atom. The molecule has 2 rings (SSSR count). The van der Waals surface area contributed by atoms with Gasteiger partial charge >= 0.3 is 0 Å². The fourth-order valence-corrected chi connectivity index (χ4v) is 2.69. The highest BCUT2D eigenvalue weighted by Crippen LogP contribution is 2.29. The Balaban J connectivity index is 2.44. The summed E-state index contributed by atoms with van der Waals surface area (Å²) in [5, 5.41) is 0. The summed E-state index contributed by atoms with van der Waals surface area (Å²) in [6.07, 6.45) is 1.12. The zero-order valence-electron chi connectivity index (χ0n) is 13.3. The zero-order chi connectivity index (χ0) is 15.6. The molecule has 0 bridgehead atoms. The maximum Gasteiger partial charge on any atom is 0.255 e. The average Bonchev–Trinajstić information content (AvgIpc) is 2.46. The van der Waals surface area contributed by atoms with Gasteiger partial charge in [0.05, 0.1) is 30.0 Å². The smallest absolute Gasteiger partial charge is 0.255 e. The van der Waals surface area contributed by atoms with Crippen LogP contribution in [0.1, 0.15) is 30.6 Å². The van der Waals surface area contributed by atoms with Crippen LogP contribution in [0.25, 0.3) is 0 Å². The molecule has 0 radical (unpaired) electrons. The number of benzene rings is 1. The molecule has 2 atom stereocenters.